The third-order valence-electron chi connectivity index (χ3n) is 13.8. The standard InChI is InChI=1S/C63H117NO4/c1-3-5-7-9-11-13-15-17-19-21-22-23-24-25-26-27-28-29-30-31-32-33-34-35-36-37-38-39-40-41-42-44-46-48-50-52-54-56-58-62(67)63(68)64-60(59-65)61(66)57-55-53-51-49-47-45-43-20-18-16-14-12-10-8-6-4-2/h18,20,28-29,31-32,47,49,55,57,60-62,65-67H,3-17,19,21-27,30,33-46,48,50-54,56,58-59H2,1-2H3,(H,64,68)/b20-18+,29-28-,32-31-,49-47+,57-55+. The largest absolute Gasteiger partial charge is 0.394 e. The molecule has 3 atom stereocenters. The quantitative estimate of drug-likeness (QED) is 0.0361. The number of hydrogen-bond donors (Lipinski definition) is 4. The van der Waals surface area contributed by atoms with Gasteiger partial charge in [0.25, 0.3) is 0 Å². The first kappa shape index (κ1) is 66.0. The molecule has 0 heterocycles. The van der Waals surface area contributed by atoms with Crippen molar-refractivity contribution in [3.63, 3.8) is 0 Å². The highest BCUT2D eigenvalue weighted by Crippen LogP contribution is 2.17. The van der Waals surface area contributed by atoms with E-state index in [0.29, 0.717) is 6.42 Å². The van der Waals surface area contributed by atoms with Crippen molar-refractivity contribution in [2.75, 3.05) is 6.61 Å². The van der Waals surface area contributed by atoms with Crippen molar-refractivity contribution in [3.8, 4) is 0 Å². The van der Waals surface area contributed by atoms with Crippen LogP contribution in [0.25, 0.3) is 0 Å². The Morgan fingerprint density at radius 3 is 0.985 bits per heavy atom. The van der Waals surface area contributed by atoms with Gasteiger partial charge in [-0.2, -0.15) is 0 Å². The van der Waals surface area contributed by atoms with E-state index in [1.54, 1.807) is 6.08 Å². The average Bonchev–Trinajstić information content (AvgIpc) is 3.34. The Bertz CT molecular complexity index is 1140. The summed E-state index contributed by atoms with van der Waals surface area (Å²) in [6.07, 6.45) is 79.0. The van der Waals surface area contributed by atoms with E-state index in [1.165, 1.54) is 238 Å². The first-order valence-electron chi connectivity index (χ1n) is 30.1. The van der Waals surface area contributed by atoms with Crippen LogP contribution in [0.5, 0.6) is 0 Å². The maximum atomic E-state index is 12.5. The van der Waals surface area contributed by atoms with Crippen LogP contribution in [0.15, 0.2) is 60.8 Å². The van der Waals surface area contributed by atoms with Crippen LogP contribution >= 0.6 is 0 Å². The van der Waals surface area contributed by atoms with Gasteiger partial charge >= 0.3 is 0 Å². The Morgan fingerprint density at radius 2 is 0.647 bits per heavy atom. The Labute approximate surface area is 424 Å². The van der Waals surface area contributed by atoms with Gasteiger partial charge in [-0.1, -0.05) is 293 Å². The zero-order valence-corrected chi connectivity index (χ0v) is 45.5. The summed E-state index contributed by atoms with van der Waals surface area (Å²) in [5.41, 5.74) is 0. The second-order valence-electron chi connectivity index (χ2n) is 20.5. The summed E-state index contributed by atoms with van der Waals surface area (Å²) < 4.78 is 0. The molecular formula is C63H117NO4. The molecule has 3 unspecified atom stereocenters. The van der Waals surface area contributed by atoms with Gasteiger partial charge in [-0.25, -0.2) is 0 Å². The van der Waals surface area contributed by atoms with E-state index in [1.807, 2.05) is 6.08 Å². The maximum absolute atomic E-state index is 12.5. The smallest absolute Gasteiger partial charge is 0.249 e. The van der Waals surface area contributed by atoms with Gasteiger partial charge in [0, 0.05) is 0 Å². The Morgan fingerprint density at radius 1 is 0.368 bits per heavy atom. The highest BCUT2D eigenvalue weighted by molar-refractivity contribution is 5.80. The minimum absolute atomic E-state index is 0.382. The Kier molecular flexibility index (Phi) is 56.0. The SMILES string of the molecule is CCCCCCCC/C=C/CC/C=C/CC/C=C/C(O)C(CO)NC(=O)C(O)CCCCCCCCCCCCCCCCCC/C=C\C/C=C\CCCCCCCCCCCCCCCCC. The van der Waals surface area contributed by atoms with Crippen molar-refractivity contribution in [2.45, 2.75) is 327 Å². The average molecular weight is 953 g/mol. The molecule has 0 bridgehead atoms. The van der Waals surface area contributed by atoms with Gasteiger partial charge in [-0.15, -0.1) is 0 Å². The lowest BCUT2D eigenvalue weighted by Gasteiger charge is -2.21. The molecule has 0 aliphatic rings. The lowest BCUT2D eigenvalue weighted by Crippen LogP contribution is -2.48. The third kappa shape index (κ3) is 51.9. The Balaban J connectivity index is 3.53. The number of carbonyl (C=O) groups excluding carboxylic acids is 1. The summed E-state index contributed by atoms with van der Waals surface area (Å²) in [6, 6.07) is -0.823. The summed E-state index contributed by atoms with van der Waals surface area (Å²) in [7, 11) is 0. The molecular weight excluding hydrogens is 835 g/mol. The highest BCUT2D eigenvalue weighted by atomic mass is 16.3. The molecule has 1 amide bonds. The summed E-state index contributed by atoms with van der Waals surface area (Å²) in [5, 5.41) is 33.3. The lowest BCUT2D eigenvalue weighted by atomic mass is 10.0. The van der Waals surface area contributed by atoms with E-state index >= 15 is 0 Å². The molecule has 5 nitrogen and oxygen atoms in total. The topological polar surface area (TPSA) is 89.8 Å². The normalized spacial score (nSPS) is 13.7. The summed E-state index contributed by atoms with van der Waals surface area (Å²) in [4.78, 5) is 12.5. The minimum atomic E-state index is -1.11. The number of hydrogen-bond acceptors (Lipinski definition) is 4. The van der Waals surface area contributed by atoms with Crippen molar-refractivity contribution in [1.82, 2.24) is 5.32 Å². The first-order valence-corrected chi connectivity index (χ1v) is 30.1. The number of unbranched alkanes of at least 4 members (excludes halogenated alkanes) is 39. The Hall–Kier alpha value is -1.95. The van der Waals surface area contributed by atoms with Gasteiger partial charge < -0.3 is 20.6 Å². The number of aliphatic hydroxyl groups is 3. The molecule has 0 aliphatic heterocycles. The molecule has 0 radical (unpaired) electrons. The third-order valence-corrected chi connectivity index (χ3v) is 13.8. The predicted octanol–water partition coefficient (Wildman–Crippen LogP) is 19.0. The highest BCUT2D eigenvalue weighted by Gasteiger charge is 2.22. The van der Waals surface area contributed by atoms with E-state index in [2.05, 4.69) is 67.8 Å². The zero-order valence-electron chi connectivity index (χ0n) is 45.5. The number of allylic oxidation sites excluding steroid dienone is 9. The fraction of sp³-hybridized carbons (Fsp3) is 0.825. The molecule has 0 aromatic carbocycles. The van der Waals surface area contributed by atoms with E-state index in [-0.39, 0.29) is 6.61 Å². The van der Waals surface area contributed by atoms with Crippen molar-refractivity contribution in [2.24, 2.45) is 0 Å². The number of rotatable bonds is 55. The van der Waals surface area contributed by atoms with Gasteiger partial charge in [0.05, 0.1) is 18.8 Å². The molecule has 0 spiro atoms. The van der Waals surface area contributed by atoms with Crippen LogP contribution in [-0.4, -0.2) is 46.1 Å². The van der Waals surface area contributed by atoms with Crippen LogP contribution < -0.4 is 5.32 Å². The van der Waals surface area contributed by atoms with Crippen LogP contribution in [-0.2, 0) is 4.79 Å². The number of amides is 1. The van der Waals surface area contributed by atoms with Gasteiger partial charge in [-0.3, -0.25) is 4.79 Å². The second-order valence-corrected chi connectivity index (χ2v) is 20.5. The van der Waals surface area contributed by atoms with Gasteiger partial charge in [0.15, 0.2) is 0 Å². The molecule has 0 saturated heterocycles. The lowest BCUT2D eigenvalue weighted by molar-refractivity contribution is -0.131. The van der Waals surface area contributed by atoms with Gasteiger partial charge in [-0.05, 0) is 77.0 Å². The van der Waals surface area contributed by atoms with E-state index < -0.39 is 24.2 Å². The summed E-state index contributed by atoms with van der Waals surface area (Å²) >= 11 is 0. The number of carbonyl (C=O) groups is 1. The molecule has 0 fully saturated rings. The van der Waals surface area contributed by atoms with Crippen molar-refractivity contribution in [3.05, 3.63) is 60.8 Å². The summed E-state index contributed by atoms with van der Waals surface area (Å²) in [6.45, 7) is 4.18. The van der Waals surface area contributed by atoms with Crippen LogP contribution in [0.4, 0.5) is 0 Å². The molecule has 5 heteroatoms. The summed E-state index contributed by atoms with van der Waals surface area (Å²) in [5.74, 6) is -0.516. The van der Waals surface area contributed by atoms with Crippen LogP contribution in [0.1, 0.15) is 309 Å². The van der Waals surface area contributed by atoms with Gasteiger partial charge in [0.2, 0.25) is 5.91 Å². The van der Waals surface area contributed by atoms with E-state index in [9.17, 15) is 20.1 Å². The fourth-order valence-electron chi connectivity index (χ4n) is 9.13. The number of nitrogens with one attached hydrogen (secondary N) is 1. The predicted molar refractivity (Wildman–Crippen MR) is 300 cm³/mol. The monoisotopic (exact) mass is 952 g/mol. The van der Waals surface area contributed by atoms with Crippen LogP contribution in [0, 0.1) is 0 Å². The molecule has 0 aromatic rings. The van der Waals surface area contributed by atoms with Crippen molar-refractivity contribution >= 4 is 5.91 Å². The molecule has 4 N–H and O–H groups in total. The molecule has 0 aliphatic carbocycles. The number of aliphatic hydroxyl groups excluding tert-OH is 3. The second kappa shape index (κ2) is 57.6. The molecule has 0 rings (SSSR count). The van der Waals surface area contributed by atoms with Crippen LogP contribution in [0.3, 0.4) is 0 Å². The molecule has 68 heavy (non-hydrogen) atoms. The van der Waals surface area contributed by atoms with E-state index in [0.717, 1.165) is 51.4 Å². The van der Waals surface area contributed by atoms with Crippen LogP contribution in [0.2, 0.25) is 0 Å². The fourth-order valence-corrected chi connectivity index (χ4v) is 9.13. The van der Waals surface area contributed by atoms with E-state index in [4.69, 9.17) is 0 Å². The molecule has 398 valence electrons. The molecule has 0 saturated carbocycles. The van der Waals surface area contributed by atoms with Crippen molar-refractivity contribution < 1.29 is 20.1 Å². The molecule has 0 aromatic heterocycles. The van der Waals surface area contributed by atoms with Crippen molar-refractivity contribution in [1.29, 1.82) is 0 Å². The van der Waals surface area contributed by atoms with Gasteiger partial charge in [0.1, 0.15) is 6.10 Å². The first-order chi connectivity index (χ1) is 33.6. The maximum Gasteiger partial charge on any atom is 0.249 e. The zero-order chi connectivity index (χ0) is 49.3. The minimum Gasteiger partial charge on any atom is -0.394 e.